The molecule has 0 fully saturated rings. The lowest BCUT2D eigenvalue weighted by Crippen LogP contribution is -2.55. The number of hydrogen-bond acceptors (Lipinski definition) is 7. The topological polar surface area (TPSA) is 172 Å². The van der Waals surface area contributed by atoms with E-state index in [1.165, 1.54) is 17.6 Å². The quantitative estimate of drug-likeness (QED) is 0.122. The van der Waals surface area contributed by atoms with Crippen LogP contribution in [-0.4, -0.2) is 49.9 Å². The lowest BCUT2D eigenvalue weighted by molar-refractivity contribution is -0.133. The Morgan fingerprint density at radius 1 is 1.06 bits per heavy atom. The second-order valence-corrected chi connectivity index (χ2v) is 7.47. The number of carbonyl (C=O) groups is 3. The summed E-state index contributed by atoms with van der Waals surface area (Å²) in [6.07, 6.45) is 1.68. The number of aliphatic hydroxyl groups excluding tert-OH is 1. The summed E-state index contributed by atoms with van der Waals surface area (Å²) < 4.78 is 1.75. The third kappa shape index (κ3) is 6.99. The maximum atomic E-state index is 12.3. The Morgan fingerprint density at radius 2 is 1.66 bits per heavy atom. The summed E-state index contributed by atoms with van der Waals surface area (Å²) in [5.41, 5.74) is 8.80. The van der Waals surface area contributed by atoms with E-state index >= 15 is 0 Å². The molecule has 0 aliphatic heterocycles. The molecular weight excluding hydrogens is 452 g/mol. The van der Waals surface area contributed by atoms with Gasteiger partial charge in [-0.05, 0) is 55.5 Å². The number of hydrogen-bond donors (Lipinski definition) is 6. The number of benzene rings is 2. The molecule has 180 valence electrons. The molecule has 11 nitrogen and oxygen atoms in total. The molecule has 35 heavy (non-hydrogen) atoms. The van der Waals surface area contributed by atoms with Crippen LogP contribution in [0.1, 0.15) is 27.3 Å². The van der Waals surface area contributed by atoms with Gasteiger partial charge in [0.2, 0.25) is 5.91 Å². The van der Waals surface area contributed by atoms with Gasteiger partial charge in [-0.1, -0.05) is 11.8 Å². The molecule has 3 amide bonds. The summed E-state index contributed by atoms with van der Waals surface area (Å²) in [5.74, 6) is 4.85. The summed E-state index contributed by atoms with van der Waals surface area (Å²) in [6.45, 7) is 1.99. The fourth-order valence-corrected chi connectivity index (χ4v) is 3.01. The number of imidazole rings is 1. The average molecular weight is 476 g/mol. The minimum atomic E-state index is -1.70. The van der Waals surface area contributed by atoms with Crippen molar-refractivity contribution >= 4 is 23.4 Å². The largest absolute Gasteiger partial charge is 0.376 e. The molecule has 11 heteroatoms. The van der Waals surface area contributed by atoms with E-state index in [-0.39, 0.29) is 18.0 Å². The highest BCUT2D eigenvalue weighted by Crippen LogP contribution is 2.10. The van der Waals surface area contributed by atoms with Crippen molar-refractivity contribution in [2.24, 2.45) is 5.73 Å². The third-order valence-electron chi connectivity index (χ3n) is 4.93. The van der Waals surface area contributed by atoms with Crippen molar-refractivity contribution in [3.8, 4) is 11.8 Å². The Balaban J connectivity index is 1.58. The van der Waals surface area contributed by atoms with Crippen LogP contribution >= 0.6 is 0 Å². The van der Waals surface area contributed by atoms with E-state index in [4.69, 9.17) is 10.9 Å². The van der Waals surface area contributed by atoms with E-state index in [2.05, 4.69) is 27.5 Å². The van der Waals surface area contributed by atoms with Crippen LogP contribution in [0.5, 0.6) is 0 Å². The van der Waals surface area contributed by atoms with Crippen LogP contribution in [0.3, 0.4) is 0 Å². The van der Waals surface area contributed by atoms with Crippen molar-refractivity contribution in [3.63, 3.8) is 0 Å². The standard InChI is InChI=1S/C24H24N6O5/c1-15-26-12-13-30(15)14-20(31)27-19-10-6-17(7-11-19)3-2-16-4-8-18(9-5-16)23(33)28-21(22(25)32)24(34)29-35/h4-13,21-22,32,35H,14,25H2,1H3,(H,27,31)(H,28,33)(H,29,34)/t21-,22-/m0/s1. The summed E-state index contributed by atoms with van der Waals surface area (Å²) in [5, 5.41) is 23.1. The minimum Gasteiger partial charge on any atom is -0.376 e. The smallest absolute Gasteiger partial charge is 0.270 e. The number of amides is 3. The lowest BCUT2D eigenvalue weighted by atomic mass is 10.1. The third-order valence-corrected chi connectivity index (χ3v) is 4.93. The minimum absolute atomic E-state index is 0.168. The molecule has 2 aromatic carbocycles. The SMILES string of the molecule is Cc1nccn1CC(=O)Nc1ccc(C#Cc2ccc(C(=O)N[C@H](C(=O)NO)[C@@H](N)O)cc2)cc1. The zero-order chi connectivity index (χ0) is 25.4. The molecule has 0 aliphatic carbocycles. The molecule has 0 bridgehead atoms. The van der Waals surface area contributed by atoms with E-state index < -0.39 is 24.1 Å². The molecule has 1 heterocycles. The number of aromatic nitrogens is 2. The molecule has 1 aromatic heterocycles. The molecule has 3 aromatic rings. The zero-order valence-electron chi connectivity index (χ0n) is 18.7. The fourth-order valence-electron chi connectivity index (χ4n) is 3.01. The van der Waals surface area contributed by atoms with Gasteiger partial charge < -0.3 is 26.0 Å². The van der Waals surface area contributed by atoms with Gasteiger partial charge >= 0.3 is 0 Å². The molecule has 0 unspecified atom stereocenters. The lowest BCUT2D eigenvalue weighted by Gasteiger charge is -2.18. The normalized spacial score (nSPS) is 12.0. The van der Waals surface area contributed by atoms with Crippen molar-refractivity contribution in [2.45, 2.75) is 25.7 Å². The average Bonchev–Trinajstić information content (AvgIpc) is 3.25. The predicted molar refractivity (Wildman–Crippen MR) is 126 cm³/mol. The molecule has 0 spiro atoms. The maximum absolute atomic E-state index is 12.3. The first-order valence-corrected chi connectivity index (χ1v) is 10.4. The number of nitrogens with zero attached hydrogens (tertiary/aromatic N) is 2. The van der Waals surface area contributed by atoms with Gasteiger partial charge in [0.05, 0.1) is 0 Å². The van der Waals surface area contributed by atoms with Crippen LogP contribution in [0.2, 0.25) is 0 Å². The molecule has 7 N–H and O–H groups in total. The van der Waals surface area contributed by atoms with Gasteiger partial charge in [0.15, 0.2) is 0 Å². The van der Waals surface area contributed by atoms with Gasteiger partial charge in [0.1, 0.15) is 24.6 Å². The summed E-state index contributed by atoms with van der Waals surface area (Å²) >= 11 is 0. The Labute approximate surface area is 200 Å². The van der Waals surface area contributed by atoms with Crippen molar-refractivity contribution in [2.75, 3.05) is 5.32 Å². The van der Waals surface area contributed by atoms with Gasteiger partial charge in [-0.15, -0.1) is 0 Å². The number of rotatable bonds is 7. The van der Waals surface area contributed by atoms with Crippen LogP contribution in [0, 0.1) is 18.8 Å². The highest BCUT2D eigenvalue weighted by molar-refractivity contribution is 5.97. The number of hydroxylamine groups is 1. The summed E-state index contributed by atoms with van der Waals surface area (Å²) in [6, 6.07) is 11.8. The Hall–Kier alpha value is -4.50. The van der Waals surface area contributed by atoms with E-state index in [9.17, 15) is 19.5 Å². The van der Waals surface area contributed by atoms with E-state index in [1.54, 1.807) is 53.4 Å². The van der Waals surface area contributed by atoms with E-state index in [0.29, 0.717) is 11.3 Å². The molecule has 3 rings (SSSR count). The fraction of sp³-hybridized carbons (Fsp3) is 0.167. The van der Waals surface area contributed by atoms with Crippen LogP contribution < -0.4 is 21.8 Å². The van der Waals surface area contributed by atoms with Gasteiger partial charge in [-0.25, -0.2) is 10.5 Å². The molecular formula is C24H24N6O5. The second kappa shape index (κ2) is 11.6. The monoisotopic (exact) mass is 476 g/mol. The van der Waals surface area contributed by atoms with E-state index in [1.807, 2.05) is 6.92 Å². The summed E-state index contributed by atoms with van der Waals surface area (Å²) in [7, 11) is 0. The maximum Gasteiger partial charge on any atom is 0.270 e. The molecule has 0 saturated heterocycles. The zero-order valence-corrected chi connectivity index (χ0v) is 18.7. The Bertz CT molecular complexity index is 1260. The van der Waals surface area contributed by atoms with Crippen molar-refractivity contribution in [1.82, 2.24) is 20.3 Å². The molecule has 2 atom stereocenters. The molecule has 0 aliphatic rings. The van der Waals surface area contributed by atoms with Crippen molar-refractivity contribution in [3.05, 3.63) is 83.4 Å². The number of anilines is 1. The number of aliphatic hydroxyl groups is 1. The Morgan fingerprint density at radius 3 is 2.17 bits per heavy atom. The Kier molecular flexibility index (Phi) is 8.31. The highest BCUT2D eigenvalue weighted by atomic mass is 16.5. The number of nitrogens with one attached hydrogen (secondary N) is 3. The number of nitrogens with two attached hydrogens (primary N) is 1. The first kappa shape index (κ1) is 25.1. The second-order valence-electron chi connectivity index (χ2n) is 7.47. The molecule has 0 saturated carbocycles. The van der Waals surface area contributed by atoms with Gasteiger partial charge in [0.25, 0.3) is 11.8 Å². The van der Waals surface area contributed by atoms with Crippen LogP contribution in [0.25, 0.3) is 0 Å². The van der Waals surface area contributed by atoms with Crippen LogP contribution in [0.15, 0.2) is 60.9 Å². The number of aryl methyl sites for hydroxylation is 1. The van der Waals surface area contributed by atoms with Crippen molar-refractivity contribution in [1.29, 1.82) is 0 Å². The van der Waals surface area contributed by atoms with Gasteiger partial charge in [-0.3, -0.25) is 19.6 Å². The van der Waals surface area contributed by atoms with E-state index in [0.717, 1.165) is 11.4 Å². The van der Waals surface area contributed by atoms with Crippen LogP contribution in [0.4, 0.5) is 5.69 Å². The highest BCUT2D eigenvalue weighted by Gasteiger charge is 2.26. The molecule has 0 radical (unpaired) electrons. The van der Waals surface area contributed by atoms with Gasteiger partial charge in [-0.2, -0.15) is 0 Å². The van der Waals surface area contributed by atoms with Gasteiger partial charge in [0, 0.05) is 34.8 Å². The summed E-state index contributed by atoms with van der Waals surface area (Å²) in [4.78, 5) is 40.0. The van der Waals surface area contributed by atoms with Crippen LogP contribution in [-0.2, 0) is 16.1 Å². The first-order chi connectivity index (χ1) is 16.8. The number of carbonyl (C=O) groups excluding carboxylic acids is 3. The van der Waals surface area contributed by atoms with Crippen molar-refractivity contribution < 1.29 is 24.7 Å². The predicted octanol–water partition coefficient (Wildman–Crippen LogP) is 0.111. The first-order valence-electron chi connectivity index (χ1n) is 10.4.